The van der Waals surface area contributed by atoms with Crippen molar-refractivity contribution in [2.45, 2.75) is 18.5 Å². The Morgan fingerprint density at radius 2 is 1.83 bits per heavy atom. The van der Waals surface area contributed by atoms with Gasteiger partial charge >= 0.3 is 0 Å². The first-order chi connectivity index (χ1) is 13.9. The molecule has 0 aliphatic carbocycles. The third-order valence-electron chi connectivity index (χ3n) is 6.07. The van der Waals surface area contributed by atoms with Crippen molar-refractivity contribution in [3.8, 4) is 0 Å². The topological polar surface area (TPSA) is 122 Å². The highest BCUT2D eigenvalue weighted by atomic mass is 16.6. The lowest BCUT2D eigenvalue weighted by atomic mass is 9.76. The summed E-state index contributed by atoms with van der Waals surface area (Å²) in [5.41, 5.74) is -0.191. The van der Waals surface area contributed by atoms with Crippen molar-refractivity contribution in [3.63, 3.8) is 0 Å². The molecule has 2 saturated heterocycles. The molecule has 5 rings (SSSR count). The second-order valence-corrected chi connectivity index (χ2v) is 7.53. The van der Waals surface area contributed by atoms with Gasteiger partial charge in [0, 0.05) is 29.4 Å². The average molecular weight is 392 g/mol. The van der Waals surface area contributed by atoms with Gasteiger partial charge in [0.2, 0.25) is 17.7 Å². The van der Waals surface area contributed by atoms with E-state index < -0.39 is 40.2 Å². The van der Waals surface area contributed by atoms with Crippen molar-refractivity contribution < 1.29 is 19.3 Å². The number of amides is 3. The minimum absolute atomic E-state index is 0.137. The molecule has 146 valence electrons. The summed E-state index contributed by atoms with van der Waals surface area (Å²) >= 11 is 0. The van der Waals surface area contributed by atoms with Crippen LogP contribution in [0.5, 0.6) is 0 Å². The van der Waals surface area contributed by atoms with Gasteiger partial charge in [0.15, 0.2) is 0 Å². The van der Waals surface area contributed by atoms with Crippen molar-refractivity contribution in [3.05, 3.63) is 64.2 Å². The van der Waals surface area contributed by atoms with Crippen LogP contribution in [0.2, 0.25) is 0 Å². The molecule has 29 heavy (non-hydrogen) atoms. The van der Waals surface area contributed by atoms with Crippen LogP contribution in [0.3, 0.4) is 0 Å². The van der Waals surface area contributed by atoms with Crippen LogP contribution < -0.4 is 15.5 Å². The van der Waals surface area contributed by atoms with E-state index in [1.807, 2.05) is 0 Å². The molecule has 2 aromatic rings. The lowest BCUT2D eigenvalue weighted by molar-refractivity contribution is -0.384. The fraction of sp³-hybridized carbons (Fsp3) is 0.250. The van der Waals surface area contributed by atoms with Gasteiger partial charge in [-0.15, -0.1) is 0 Å². The van der Waals surface area contributed by atoms with Crippen LogP contribution in [0, 0.1) is 22.0 Å². The van der Waals surface area contributed by atoms with E-state index in [9.17, 15) is 24.5 Å². The molecule has 3 aliphatic heterocycles. The Morgan fingerprint density at radius 3 is 2.59 bits per heavy atom. The van der Waals surface area contributed by atoms with Crippen LogP contribution in [0.1, 0.15) is 12.5 Å². The Bertz CT molecular complexity index is 1120. The van der Waals surface area contributed by atoms with Crippen LogP contribution in [0.15, 0.2) is 48.5 Å². The monoisotopic (exact) mass is 392 g/mol. The highest BCUT2D eigenvalue weighted by molar-refractivity contribution is 6.25. The quantitative estimate of drug-likeness (QED) is 0.454. The summed E-state index contributed by atoms with van der Waals surface area (Å²) in [5, 5.41) is 17.1. The van der Waals surface area contributed by atoms with Gasteiger partial charge < -0.3 is 5.32 Å². The van der Waals surface area contributed by atoms with E-state index in [2.05, 4.69) is 10.6 Å². The Kier molecular flexibility index (Phi) is 3.45. The van der Waals surface area contributed by atoms with Crippen LogP contribution in [-0.2, 0) is 19.9 Å². The van der Waals surface area contributed by atoms with Crippen molar-refractivity contribution in [1.82, 2.24) is 5.32 Å². The van der Waals surface area contributed by atoms with Gasteiger partial charge in [0.25, 0.3) is 5.69 Å². The first kappa shape index (κ1) is 17.5. The van der Waals surface area contributed by atoms with Crippen LogP contribution >= 0.6 is 0 Å². The number of nitrogens with zero attached hydrogens (tertiary/aromatic N) is 2. The van der Waals surface area contributed by atoms with Crippen molar-refractivity contribution in [1.29, 1.82) is 0 Å². The molecule has 9 nitrogen and oxygen atoms in total. The van der Waals surface area contributed by atoms with Crippen molar-refractivity contribution in [2.75, 3.05) is 10.2 Å². The number of anilines is 2. The first-order valence-corrected chi connectivity index (χ1v) is 9.17. The maximum atomic E-state index is 13.5. The van der Waals surface area contributed by atoms with E-state index in [-0.39, 0.29) is 17.3 Å². The minimum Gasteiger partial charge on any atom is -0.324 e. The Hall–Kier alpha value is -3.59. The molecule has 4 atom stereocenters. The second-order valence-electron chi connectivity index (χ2n) is 7.53. The van der Waals surface area contributed by atoms with Gasteiger partial charge in [-0.25, -0.2) is 4.90 Å². The number of carbonyl (C=O) groups excluding carboxylic acids is 3. The maximum Gasteiger partial charge on any atom is 0.271 e. The minimum atomic E-state index is -1.34. The van der Waals surface area contributed by atoms with E-state index >= 15 is 0 Å². The number of hydrogen-bond acceptors (Lipinski definition) is 6. The molecule has 3 heterocycles. The third kappa shape index (κ3) is 2.10. The fourth-order valence-electron chi connectivity index (χ4n) is 4.92. The van der Waals surface area contributed by atoms with E-state index in [0.717, 1.165) is 4.90 Å². The number of nitrogens with one attached hydrogen (secondary N) is 2. The Labute approximate surface area is 164 Å². The summed E-state index contributed by atoms with van der Waals surface area (Å²) < 4.78 is 0. The van der Waals surface area contributed by atoms with Gasteiger partial charge in [-0.2, -0.15) is 0 Å². The highest BCUT2D eigenvalue weighted by Gasteiger charge is 2.69. The summed E-state index contributed by atoms with van der Waals surface area (Å²) in [6.07, 6.45) is 0. The summed E-state index contributed by atoms with van der Waals surface area (Å²) in [4.78, 5) is 51.2. The number of nitro benzene ring substituents is 1. The molecule has 3 amide bonds. The number of hydrogen-bond donors (Lipinski definition) is 2. The maximum absolute atomic E-state index is 13.5. The number of rotatable bonds is 2. The Balaban J connectivity index is 1.64. The number of para-hydroxylation sites is 1. The van der Waals surface area contributed by atoms with Crippen molar-refractivity contribution >= 4 is 34.8 Å². The van der Waals surface area contributed by atoms with Gasteiger partial charge in [-0.1, -0.05) is 24.3 Å². The largest absolute Gasteiger partial charge is 0.324 e. The molecule has 3 aliphatic rings. The van der Waals surface area contributed by atoms with E-state index in [0.29, 0.717) is 11.3 Å². The molecular formula is C20H16N4O5. The molecule has 9 heteroatoms. The zero-order valence-corrected chi connectivity index (χ0v) is 15.3. The first-order valence-electron chi connectivity index (χ1n) is 9.17. The molecule has 2 N–H and O–H groups in total. The molecule has 0 bridgehead atoms. The number of carbonyl (C=O) groups is 3. The summed E-state index contributed by atoms with van der Waals surface area (Å²) in [7, 11) is 0. The molecule has 2 fully saturated rings. The summed E-state index contributed by atoms with van der Waals surface area (Å²) in [6, 6.07) is 12.0. The van der Waals surface area contributed by atoms with Gasteiger partial charge in [0.1, 0.15) is 5.54 Å². The van der Waals surface area contributed by atoms with Gasteiger partial charge in [-0.3, -0.25) is 29.8 Å². The molecule has 2 aromatic carbocycles. The lowest BCUT2D eigenvalue weighted by Crippen LogP contribution is -2.53. The number of benzene rings is 2. The molecule has 0 unspecified atom stereocenters. The summed E-state index contributed by atoms with van der Waals surface area (Å²) in [6.45, 7) is 1.77. The number of imide groups is 1. The summed E-state index contributed by atoms with van der Waals surface area (Å²) in [5.74, 6) is -3.06. The molecule has 1 spiro atoms. The predicted octanol–water partition coefficient (Wildman–Crippen LogP) is 1.54. The van der Waals surface area contributed by atoms with E-state index in [4.69, 9.17) is 0 Å². The van der Waals surface area contributed by atoms with Gasteiger partial charge in [0.05, 0.1) is 22.4 Å². The third-order valence-corrected chi connectivity index (χ3v) is 6.07. The highest BCUT2D eigenvalue weighted by Crippen LogP contribution is 2.53. The van der Waals surface area contributed by atoms with Crippen LogP contribution in [0.4, 0.5) is 17.1 Å². The standard InChI is InChI=1S/C20H16N4O5/c1-10-15-16(20(22-10)13-7-2-3-8-14(13)21-19(20)27)18(26)23(17(15)25)11-5-4-6-12(9-11)24(28)29/h2-10,15-16,22H,1H3,(H,21,27)/t10-,15+,16-,20+/m0/s1. The smallest absolute Gasteiger partial charge is 0.271 e. The predicted molar refractivity (Wildman–Crippen MR) is 102 cm³/mol. The van der Waals surface area contributed by atoms with Crippen molar-refractivity contribution in [2.24, 2.45) is 11.8 Å². The van der Waals surface area contributed by atoms with E-state index in [1.165, 1.54) is 24.3 Å². The second kappa shape index (κ2) is 5.71. The zero-order valence-electron chi connectivity index (χ0n) is 15.3. The number of nitro groups is 1. The Morgan fingerprint density at radius 1 is 1.07 bits per heavy atom. The molecule has 0 radical (unpaired) electrons. The zero-order chi connectivity index (χ0) is 20.5. The average Bonchev–Trinajstić information content (AvgIpc) is 3.26. The van der Waals surface area contributed by atoms with Crippen LogP contribution in [-0.4, -0.2) is 28.7 Å². The van der Waals surface area contributed by atoms with Crippen LogP contribution in [0.25, 0.3) is 0 Å². The number of fused-ring (bicyclic) bond motifs is 4. The van der Waals surface area contributed by atoms with Gasteiger partial charge in [-0.05, 0) is 19.1 Å². The SMILES string of the molecule is C[C@@H]1N[C@@]2(C(=O)Nc3ccccc32)[C@@H]2C(=O)N(c3cccc([N+](=O)[O-])c3)C(=O)[C@H]12. The normalized spacial score (nSPS) is 29.9. The molecular weight excluding hydrogens is 376 g/mol. The van der Waals surface area contributed by atoms with E-state index in [1.54, 1.807) is 31.2 Å². The lowest BCUT2D eigenvalue weighted by Gasteiger charge is -2.29. The fourth-order valence-corrected chi connectivity index (χ4v) is 4.92. The molecule has 0 aromatic heterocycles. The number of non-ortho nitro benzene ring substituents is 1. The molecule has 0 saturated carbocycles.